The number of nitrogens with zero attached hydrogens (tertiary/aromatic N) is 1. The maximum Gasteiger partial charge on any atom is 0.0727 e. The minimum absolute atomic E-state index is 0.460. The molecule has 15 heavy (non-hydrogen) atoms. The highest BCUT2D eigenvalue weighted by Gasteiger charge is 2.24. The van der Waals surface area contributed by atoms with Crippen LogP contribution in [0.2, 0.25) is 0 Å². The van der Waals surface area contributed by atoms with Crippen LogP contribution in [0.15, 0.2) is 0 Å². The van der Waals surface area contributed by atoms with Crippen LogP contribution >= 0.6 is 12.2 Å². The molecule has 1 atom stereocenters. The van der Waals surface area contributed by atoms with Crippen LogP contribution in [0.1, 0.15) is 39.0 Å². The van der Waals surface area contributed by atoms with Crippen molar-refractivity contribution in [3.8, 4) is 0 Å². The van der Waals surface area contributed by atoms with Crippen LogP contribution < -0.4 is 5.73 Å². The average Bonchev–Trinajstić information content (AvgIpc) is 2.27. The van der Waals surface area contributed by atoms with E-state index in [1.54, 1.807) is 0 Å². The molecule has 0 radical (unpaired) electrons. The van der Waals surface area contributed by atoms with E-state index in [4.69, 9.17) is 18.0 Å². The van der Waals surface area contributed by atoms with Crippen molar-refractivity contribution >= 4 is 17.2 Å². The van der Waals surface area contributed by atoms with Gasteiger partial charge in [0.05, 0.1) is 10.6 Å². The second kappa shape index (κ2) is 5.77. The highest BCUT2D eigenvalue weighted by atomic mass is 32.1. The van der Waals surface area contributed by atoms with Crippen LogP contribution in [0.5, 0.6) is 0 Å². The first-order valence-electron chi connectivity index (χ1n) is 5.73. The lowest BCUT2D eigenvalue weighted by molar-refractivity contribution is 0.0446. The minimum atomic E-state index is -0.460. The van der Waals surface area contributed by atoms with Gasteiger partial charge < -0.3 is 15.7 Å². The normalized spacial score (nSPS) is 28.7. The summed E-state index contributed by atoms with van der Waals surface area (Å²) in [5.74, 6) is 0. The highest BCUT2D eigenvalue weighted by Crippen LogP contribution is 2.21. The Balaban J connectivity index is 2.23. The van der Waals surface area contributed by atoms with E-state index in [9.17, 15) is 5.11 Å². The fourth-order valence-electron chi connectivity index (χ4n) is 2.02. The lowest BCUT2D eigenvalue weighted by atomic mass is 9.98. The zero-order valence-electron chi connectivity index (χ0n) is 9.54. The van der Waals surface area contributed by atoms with Crippen molar-refractivity contribution in [2.24, 2.45) is 5.73 Å². The summed E-state index contributed by atoms with van der Waals surface area (Å²) >= 11 is 4.84. The second-order valence-electron chi connectivity index (χ2n) is 4.76. The van der Waals surface area contributed by atoms with E-state index in [0.717, 1.165) is 51.7 Å². The van der Waals surface area contributed by atoms with Gasteiger partial charge in [-0.25, -0.2) is 0 Å². The molecule has 0 bridgehead atoms. The molecule has 1 fully saturated rings. The van der Waals surface area contributed by atoms with Gasteiger partial charge in [0.15, 0.2) is 0 Å². The van der Waals surface area contributed by atoms with Gasteiger partial charge in [-0.3, -0.25) is 0 Å². The molecule has 1 rings (SSSR count). The lowest BCUT2D eigenvalue weighted by Crippen LogP contribution is -2.29. The van der Waals surface area contributed by atoms with Crippen LogP contribution in [-0.4, -0.2) is 40.2 Å². The van der Waals surface area contributed by atoms with Gasteiger partial charge in [-0.15, -0.1) is 0 Å². The second-order valence-corrected chi connectivity index (χ2v) is 5.29. The summed E-state index contributed by atoms with van der Waals surface area (Å²) in [5.41, 5.74) is 4.99. The summed E-state index contributed by atoms with van der Waals surface area (Å²) < 4.78 is 0. The largest absolute Gasteiger partial charge is 0.393 e. The third kappa shape index (κ3) is 5.44. The zero-order chi connectivity index (χ0) is 11.3. The molecule has 0 aromatic carbocycles. The first kappa shape index (κ1) is 12.9. The molecule has 1 unspecified atom stereocenters. The van der Waals surface area contributed by atoms with Gasteiger partial charge in [-0.05, 0) is 52.1 Å². The minimum Gasteiger partial charge on any atom is -0.393 e. The van der Waals surface area contributed by atoms with E-state index >= 15 is 0 Å². The van der Waals surface area contributed by atoms with Gasteiger partial charge in [0.25, 0.3) is 0 Å². The van der Waals surface area contributed by atoms with Crippen molar-refractivity contribution in [3.63, 3.8) is 0 Å². The Labute approximate surface area is 97.6 Å². The first-order chi connectivity index (χ1) is 6.99. The molecule has 88 valence electrons. The Kier molecular flexibility index (Phi) is 4.96. The maximum atomic E-state index is 9.92. The highest BCUT2D eigenvalue weighted by molar-refractivity contribution is 7.80. The number of hydrogen-bond donors (Lipinski definition) is 2. The van der Waals surface area contributed by atoms with Crippen molar-refractivity contribution in [1.82, 2.24) is 4.90 Å². The number of likely N-dealkylation sites (tertiary alicyclic amines) is 1. The predicted molar refractivity (Wildman–Crippen MR) is 66.9 cm³/mol. The van der Waals surface area contributed by atoms with Gasteiger partial charge in [0.2, 0.25) is 0 Å². The number of hydrogen-bond acceptors (Lipinski definition) is 3. The van der Waals surface area contributed by atoms with E-state index in [1.807, 2.05) is 6.92 Å². The van der Waals surface area contributed by atoms with E-state index in [1.165, 1.54) is 0 Å². The summed E-state index contributed by atoms with van der Waals surface area (Å²) in [7, 11) is 0. The van der Waals surface area contributed by atoms with Gasteiger partial charge >= 0.3 is 0 Å². The zero-order valence-corrected chi connectivity index (χ0v) is 10.4. The SMILES string of the molecule is CC1(O)CCCN(CCCC(N)=S)CC1. The van der Waals surface area contributed by atoms with Crippen molar-refractivity contribution in [3.05, 3.63) is 0 Å². The Morgan fingerprint density at radius 1 is 1.47 bits per heavy atom. The van der Waals surface area contributed by atoms with E-state index in [0.29, 0.717) is 4.99 Å². The van der Waals surface area contributed by atoms with Crippen LogP contribution in [-0.2, 0) is 0 Å². The Morgan fingerprint density at radius 3 is 2.87 bits per heavy atom. The summed E-state index contributed by atoms with van der Waals surface area (Å²) in [6.45, 7) is 5.07. The van der Waals surface area contributed by atoms with E-state index < -0.39 is 5.60 Å². The van der Waals surface area contributed by atoms with Crippen molar-refractivity contribution in [2.75, 3.05) is 19.6 Å². The number of aliphatic hydroxyl groups is 1. The standard InChI is InChI=1S/C11H22N2OS/c1-11(14)5-3-8-13(9-6-11)7-2-4-10(12)15/h14H,2-9H2,1H3,(H2,12,15). The maximum absolute atomic E-state index is 9.92. The molecule has 3 nitrogen and oxygen atoms in total. The molecule has 0 saturated carbocycles. The Hall–Kier alpha value is -0.190. The summed E-state index contributed by atoms with van der Waals surface area (Å²) in [6.07, 6.45) is 4.75. The van der Waals surface area contributed by atoms with E-state index in [-0.39, 0.29) is 0 Å². The van der Waals surface area contributed by atoms with Crippen molar-refractivity contribution < 1.29 is 5.11 Å². The summed E-state index contributed by atoms with van der Waals surface area (Å²) in [6, 6.07) is 0. The molecule has 0 spiro atoms. The molecule has 1 saturated heterocycles. The first-order valence-corrected chi connectivity index (χ1v) is 6.13. The van der Waals surface area contributed by atoms with Crippen LogP contribution in [0.25, 0.3) is 0 Å². The molecule has 1 heterocycles. The third-order valence-electron chi connectivity index (χ3n) is 3.05. The summed E-state index contributed by atoms with van der Waals surface area (Å²) in [4.78, 5) is 3.01. The van der Waals surface area contributed by atoms with Crippen molar-refractivity contribution in [1.29, 1.82) is 0 Å². The molecule has 4 heteroatoms. The quantitative estimate of drug-likeness (QED) is 0.715. The molecule has 1 aliphatic heterocycles. The van der Waals surface area contributed by atoms with Crippen molar-refractivity contribution in [2.45, 2.75) is 44.6 Å². The molecule has 3 N–H and O–H groups in total. The van der Waals surface area contributed by atoms with Crippen LogP contribution in [0.4, 0.5) is 0 Å². The monoisotopic (exact) mass is 230 g/mol. The van der Waals surface area contributed by atoms with E-state index in [2.05, 4.69) is 4.90 Å². The smallest absolute Gasteiger partial charge is 0.0727 e. The number of rotatable bonds is 4. The van der Waals surface area contributed by atoms with Gasteiger partial charge in [-0.1, -0.05) is 12.2 Å². The molecular formula is C11H22N2OS. The molecule has 0 aliphatic carbocycles. The van der Waals surface area contributed by atoms with Crippen LogP contribution in [0.3, 0.4) is 0 Å². The average molecular weight is 230 g/mol. The Bertz CT molecular complexity index is 219. The predicted octanol–water partition coefficient (Wildman–Crippen LogP) is 1.29. The van der Waals surface area contributed by atoms with Crippen LogP contribution in [0, 0.1) is 0 Å². The number of nitrogens with two attached hydrogens (primary N) is 1. The molecule has 0 aromatic heterocycles. The lowest BCUT2D eigenvalue weighted by Gasteiger charge is -2.22. The van der Waals surface area contributed by atoms with Gasteiger partial charge in [0, 0.05) is 6.54 Å². The molecule has 0 aromatic rings. The molecular weight excluding hydrogens is 208 g/mol. The summed E-state index contributed by atoms with van der Waals surface area (Å²) in [5, 5.41) is 9.92. The van der Waals surface area contributed by atoms with Gasteiger partial charge in [0.1, 0.15) is 0 Å². The number of thiocarbonyl (C=S) groups is 1. The van der Waals surface area contributed by atoms with Gasteiger partial charge in [-0.2, -0.15) is 0 Å². The topological polar surface area (TPSA) is 49.5 Å². The molecule has 0 amide bonds. The third-order valence-corrected chi connectivity index (χ3v) is 3.26. The Morgan fingerprint density at radius 2 is 2.20 bits per heavy atom. The fraction of sp³-hybridized carbons (Fsp3) is 0.909. The fourth-order valence-corrected chi connectivity index (χ4v) is 2.16. The molecule has 1 aliphatic rings.